The van der Waals surface area contributed by atoms with Crippen LogP contribution >= 0.6 is 0 Å². The maximum Gasteiger partial charge on any atom is 0.258 e. The molecule has 3 rings (SSSR count). The zero-order valence-corrected chi connectivity index (χ0v) is 11.8. The fourth-order valence-electron chi connectivity index (χ4n) is 2.71. The Bertz CT molecular complexity index is 847. The lowest BCUT2D eigenvalue weighted by Crippen LogP contribution is -2.23. The van der Waals surface area contributed by atoms with Gasteiger partial charge in [-0.1, -0.05) is 32.0 Å². The number of pyridine rings is 1. The Morgan fingerprint density at radius 2 is 1.75 bits per heavy atom. The van der Waals surface area contributed by atoms with Crippen molar-refractivity contribution in [2.24, 2.45) is 5.92 Å². The number of nitrogen functional groups attached to an aromatic ring is 1. The number of anilines is 1. The molecule has 0 unspecified atom stereocenters. The van der Waals surface area contributed by atoms with Crippen LogP contribution in [0, 0.1) is 5.92 Å². The lowest BCUT2D eigenvalue weighted by atomic mass is 10.0. The Balaban J connectivity index is 2.52. The molecule has 1 heterocycles. The summed E-state index contributed by atoms with van der Waals surface area (Å²) in [6.45, 7) is 4.94. The average molecular weight is 266 g/mol. The van der Waals surface area contributed by atoms with Gasteiger partial charge < -0.3 is 10.3 Å². The maximum absolute atomic E-state index is 12.7. The fourth-order valence-corrected chi connectivity index (χ4v) is 2.71. The number of aromatic nitrogens is 1. The second kappa shape index (κ2) is 4.67. The van der Waals surface area contributed by atoms with Crippen LogP contribution in [0.4, 0.5) is 5.69 Å². The molecule has 2 N–H and O–H groups in total. The Kier molecular flexibility index (Phi) is 2.97. The molecule has 0 aliphatic carbocycles. The zero-order chi connectivity index (χ0) is 14.3. The van der Waals surface area contributed by atoms with Crippen LogP contribution in [0.2, 0.25) is 0 Å². The number of fused-ring (bicyclic) bond motifs is 3. The molecule has 1 aromatic heterocycles. The van der Waals surface area contributed by atoms with Crippen molar-refractivity contribution >= 4 is 27.4 Å². The Morgan fingerprint density at radius 3 is 2.45 bits per heavy atom. The molecular formula is C17H18N2O. The lowest BCUT2D eigenvalue weighted by Gasteiger charge is -2.15. The van der Waals surface area contributed by atoms with Crippen molar-refractivity contribution in [2.45, 2.75) is 20.4 Å². The highest BCUT2D eigenvalue weighted by atomic mass is 16.1. The van der Waals surface area contributed by atoms with Gasteiger partial charge in [0.15, 0.2) is 0 Å². The van der Waals surface area contributed by atoms with Crippen molar-refractivity contribution in [3.63, 3.8) is 0 Å². The highest BCUT2D eigenvalue weighted by Gasteiger charge is 2.11. The van der Waals surface area contributed by atoms with Gasteiger partial charge in [-0.05, 0) is 35.6 Å². The number of hydrogen-bond acceptors (Lipinski definition) is 2. The molecule has 0 spiro atoms. The summed E-state index contributed by atoms with van der Waals surface area (Å²) in [7, 11) is 0. The molecule has 0 atom stereocenters. The van der Waals surface area contributed by atoms with Crippen molar-refractivity contribution in [1.29, 1.82) is 0 Å². The van der Waals surface area contributed by atoms with Crippen molar-refractivity contribution in [3.05, 3.63) is 52.8 Å². The van der Waals surface area contributed by atoms with Gasteiger partial charge >= 0.3 is 0 Å². The summed E-state index contributed by atoms with van der Waals surface area (Å²) in [4.78, 5) is 12.7. The van der Waals surface area contributed by atoms with E-state index in [0.717, 1.165) is 27.4 Å². The SMILES string of the molecule is CC(C)Cn1c(=O)c2ccccc2c2cc(N)ccc21. The molecule has 0 aliphatic rings. The van der Waals surface area contributed by atoms with Crippen molar-refractivity contribution < 1.29 is 0 Å². The van der Waals surface area contributed by atoms with Crippen LogP contribution in [0.25, 0.3) is 21.7 Å². The molecule has 0 saturated heterocycles. The van der Waals surface area contributed by atoms with Crippen LogP contribution in [0.3, 0.4) is 0 Å². The number of rotatable bonds is 2. The highest BCUT2D eigenvalue weighted by molar-refractivity contribution is 6.06. The van der Waals surface area contributed by atoms with E-state index in [2.05, 4.69) is 13.8 Å². The van der Waals surface area contributed by atoms with Gasteiger partial charge in [0.1, 0.15) is 0 Å². The molecule has 102 valence electrons. The molecule has 0 saturated carbocycles. The predicted octanol–water partition coefficient (Wildman–Crippen LogP) is 3.39. The van der Waals surface area contributed by atoms with E-state index in [1.807, 2.05) is 47.0 Å². The van der Waals surface area contributed by atoms with Gasteiger partial charge in [0.2, 0.25) is 0 Å². The van der Waals surface area contributed by atoms with Crippen LogP contribution in [-0.2, 0) is 6.54 Å². The molecule has 20 heavy (non-hydrogen) atoms. The largest absolute Gasteiger partial charge is 0.399 e. The van der Waals surface area contributed by atoms with Gasteiger partial charge in [-0.2, -0.15) is 0 Å². The summed E-state index contributed by atoms with van der Waals surface area (Å²) in [6, 6.07) is 13.5. The Labute approximate surface area is 117 Å². The standard InChI is InChI=1S/C17H18N2O/c1-11(2)10-19-16-8-7-12(18)9-15(16)13-5-3-4-6-14(13)17(19)20/h3-9,11H,10,18H2,1-2H3. The Hall–Kier alpha value is -2.29. The minimum absolute atomic E-state index is 0.0755. The maximum atomic E-state index is 12.7. The van der Waals surface area contributed by atoms with E-state index in [-0.39, 0.29) is 5.56 Å². The van der Waals surface area contributed by atoms with E-state index < -0.39 is 0 Å². The highest BCUT2D eigenvalue weighted by Crippen LogP contribution is 2.25. The van der Waals surface area contributed by atoms with Crippen molar-refractivity contribution in [2.75, 3.05) is 5.73 Å². The quantitative estimate of drug-likeness (QED) is 0.571. The molecule has 0 amide bonds. The van der Waals surface area contributed by atoms with E-state index in [1.54, 1.807) is 0 Å². The van der Waals surface area contributed by atoms with E-state index in [4.69, 9.17) is 5.73 Å². The summed E-state index contributed by atoms with van der Waals surface area (Å²) >= 11 is 0. The van der Waals surface area contributed by atoms with Crippen LogP contribution in [0.5, 0.6) is 0 Å². The van der Waals surface area contributed by atoms with Crippen LogP contribution < -0.4 is 11.3 Å². The normalized spacial score (nSPS) is 11.6. The van der Waals surface area contributed by atoms with Gasteiger partial charge in [0.25, 0.3) is 5.56 Å². The third kappa shape index (κ3) is 1.95. The second-order valence-electron chi connectivity index (χ2n) is 5.63. The third-order valence-electron chi connectivity index (χ3n) is 3.55. The monoisotopic (exact) mass is 266 g/mol. The smallest absolute Gasteiger partial charge is 0.258 e. The molecule has 3 nitrogen and oxygen atoms in total. The number of hydrogen-bond donors (Lipinski definition) is 1. The molecular weight excluding hydrogens is 248 g/mol. The van der Waals surface area contributed by atoms with E-state index in [0.29, 0.717) is 12.5 Å². The van der Waals surface area contributed by atoms with Gasteiger partial charge in [-0.3, -0.25) is 4.79 Å². The first-order chi connectivity index (χ1) is 9.58. The zero-order valence-electron chi connectivity index (χ0n) is 11.8. The lowest BCUT2D eigenvalue weighted by molar-refractivity contribution is 0.525. The topological polar surface area (TPSA) is 48.0 Å². The minimum atomic E-state index is 0.0755. The van der Waals surface area contributed by atoms with Gasteiger partial charge in [0.05, 0.1) is 5.52 Å². The number of benzene rings is 2. The molecule has 0 radical (unpaired) electrons. The fraction of sp³-hybridized carbons (Fsp3) is 0.235. The Morgan fingerprint density at radius 1 is 1.05 bits per heavy atom. The van der Waals surface area contributed by atoms with Gasteiger partial charge in [0, 0.05) is 23.0 Å². The van der Waals surface area contributed by atoms with Crippen LogP contribution in [-0.4, -0.2) is 4.57 Å². The first-order valence-electron chi connectivity index (χ1n) is 6.88. The van der Waals surface area contributed by atoms with Crippen molar-refractivity contribution in [1.82, 2.24) is 4.57 Å². The van der Waals surface area contributed by atoms with E-state index in [9.17, 15) is 4.79 Å². The average Bonchev–Trinajstić information content (AvgIpc) is 2.43. The molecule has 3 heteroatoms. The van der Waals surface area contributed by atoms with Crippen LogP contribution in [0.1, 0.15) is 13.8 Å². The number of nitrogens with zero attached hydrogens (tertiary/aromatic N) is 1. The van der Waals surface area contributed by atoms with E-state index in [1.165, 1.54) is 0 Å². The summed E-state index contributed by atoms with van der Waals surface area (Å²) in [5.41, 5.74) is 7.67. The molecule has 0 aliphatic heterocycles. The molecule has 0 fully saturated rings. The molecule has 2 aromatic carbocycles. The van der Waals surface area contributed by atoms with E-state index >= 15 is 0 Å². The third-order valence-corrected chi connectivity index (χ3v) is 3.55. The second-order valence-corrected chi connectivity index (χ2v) is 5.63. The summed E-state index contributed by atoms with van der Waals surface area (Å²) in [5, 5.41) is 2.77. The molecule has 3 aromatic rings. The van der Waals surface area contributed by atoms with Gasteiger partial charge in [-0.25, -0.2) is 0 Å². The first kappa shape index (κ1) is 12.7. The summed E-state index contributed by atoms with van der Waals surface area (Å²) in [6.07, 6.45) is 0. The predicted molar refractivity (Wildman–Crippen MR) is 85.0 cm³/mol. The minimum Gasteiger partial charge on any atom is -0.399 e. The molecule has 0 bridgehead atoms. The van der Waals surface area contributed by atoms with Crippen molar-refractivity contribution in [3.8, 4) is 0 Å². The van der Waals surface area contributed by atoms with Crippen LogP contribution in [0.15, 0.2) is 47.3 Å². The summed E-state index contributed by atoms with van der Waals surface area (Å²) in [5.74, 6) is 0.412. The van der Waals surface area contributed by atoms with Gasteiger partial charge in [-0.15, -0.1) is 0 Å². The first-order valence-corrected chi connectivity index (χ1v) is 6.88. The number of nitrogens with two attached hydrogens (primary N) is 1. The summed E-state index contributed by atoms with van der Waals surface area (Å²) < 4.78 is 1.86.